The molecule has 0 aromatic carbocycles. The van der Waals surface area contributed by atoms with Crippen molar-refractivity contribution in [1.82, 2.24) is 9.29 Å². The Morgan fingerprint density at radius 2 is 1.90 bits per heavy atom. The quantitative estimate of drug-likeness (QED) is 0.746. The molecule has 3 unspecified atom stereocenters. The highest BCUT2D eigenvalue weighted by Gasteiger charge is 2.42. The summed E-state index contributed by atoms with van der Waals surface area (Å²) in [6, 6.07) is 3.23. The number of hydrogen-bond acceptors (Lipinski definition) is 3. The number of nitrogens with one attached hydrogen (secondary N) is 1. The average molecular weight is 435 g/mol. The first-order valence-electron chi connectivity index (χ1n) is 10.2. The Morgan fingerprint density at radius 3 is 2.52 bits per heavy atom. The smallest absolute Gasteiger partial charge is 0.376 e. The molecule has 1 fully saturated rings. The van der Waals surface area contributed by atoms with Crippen LogP contribution in [0.3, 0.4) is 0 Å². The number of pyridine rings is 1. The van der Waals surface area contributed by atoms with E-state index in [9.17, 15) is 22.2 Å². The molecule has 3 atom stereocenters. The minimum atomic E-state index is -4.14. The molecular weight excluding hydrogens is 405 g/mol. The number of nitrogens with zero attached hydrogens (tertiary/aromatic N) is 1. The molecule has 0 spiro atoms. The van der Waals surface area contributed by atoms with Crippen LogP contribution in [0.4, 0.5) is 13.2 Å². The highest BCUT2D eigenvalue weighted by Crippen LogP contribution is 2.38. The molecular formula is C20H29F3N2O3S. The van der Waals surface area contributed by atoms with Crippen LogP contribution < -0.4 is 10.3 Å². The van der Waals surface area contributed by atoms with Gasteiger partial charge in [0.2, 0.25) is 0 Å². The number of alkyl halides is 3. The maximum atomic E-state index is 12.9. The second kappa shape index (κ2) is 9.31. The molecule has 1 aliphatic carbocycles. The van der Waals surface area contributed by atoms with Crippen LogP contribution in [0.15, 0.2) is 16.9 Å². The van der Waals surface area contributed by atoms with E-state index in [4.69, 9.17) is 4.74 Å². The van der Waals surface area contributed by atoms with Gasteiger partial charge in [0.15, 0.2) is 0 Å². The van der Waals surface area contributed by atoms with Gasteiger partial charge in [-0.25, -0.2) is 8.93 Å². The second-order valence-corrected chi connectivity index (χ2v) is 9.50. The molecule has 1 aliphatic heterocycles. The summed E-state index contributed by atoms with van der Waals surface area (Å²) in [5, 5.41) is 0. The van der Waals surface area contributed by atoms with Crippen LogP contribution in [-0.4, -0.2) is 39.5 Å². The van der Waals surface area contributed by atoms with Crippen LogP contribution in [-0.2, 0) is 22.1 Å². The molecule has 1 N–H and O–H groups in total. The monoisotopic (exact) mass is 434 g/mol. The van der Waals surface area contributed by atoms with Gasteiger partial charge >= 0.3 is 6.18 Å². The highest BCUT2D eigenvalue weighted by atomic mass is 32.2. The predicted molar refractivity (Wildman–Crippen MR) is 106 cm³/mol. The first-order valence-corrected chi connectivity index (χ1v) is 11.6. The summed E-state index contributed by atoms with van der Waals surface area (Å²) in [5.41, 5.74) is 1.45. The maximum Gasteiger partial charge on any atom is 0.391 e. The molecule has 2 aliphatic rings. The first-order chi connectivity index (χ1) is 13.7. The van der Waals surface area contributed by atoms with E-state index in [-0.39, 0.29) is 43.2 Å². The minimum Gasteiger partial charge on any atom is -0.376 e. The summed E-state index contributed by atoms with van der Waals surface area (Å²) in [7, 11) is -1.20. The van der Waals surface area contributed by atoms with Gasteiger partial charge in [-0.05, 0) is 51.5 Å². The van der Waals surface area contributed by atoms with Crippen LogP contribution in [0.2, 0.25) is 0 Å². The molecule has 1 aromatic heterocycles. The van der Waals surface area contributed by atoms with Gasteiger partial charge in [0.1, 0.15) is 0 Å². The van der Waals surface area contributed by atoms with E-state index in [2.05, 4.69) is 4.72 Å². The molecule has 0 amide bonds. The molecule has 0 radical (unpaired) electrons. The van der Waals surface area contributed by atoms with Crippen LogP contribution in [0, 0.1) is 12.8 Å². The fourth-order valence-electron chi connectivity index (χ4n) is 4.31. The molecule has 9 heteroatoms. The fraction of sp³-hybridized carbons (Fsp3) is 0.750. The van der Waals surface area contributed by atoms with Crippen molar-refractivity contribution in [3.63, 3.8) is 0 Å². The van der Waals surface area contributed by atoms with Gasteiger partial charge in [0, 0.05) is 23.1 Å². The van der Waals surface area contributed by atoms with Crippen LogP contribution in [0.25, 0.3) is 0 Å². The average Bonchev–Trinajstić information content (AvgIpc) is 2.69. The van der Waals surface area contributed by atoms with E-state index in [0.29, 0.717) is 30.6 Å². The Balaban J connectivity index is 1.73. The Morgan fingerprint density at radius 1 is 1.21 bits per heavy atom. The van der Waals surface area contributed by atoms with E-state index in [0.717, 1.165) is 12.1 Å². The maximum absolute atomic E-state index is 12.9. The number of rotatable bonds is 6. The number of halogens is 3. The van der Waals surface area contributed by atoms with Crippen molar-refractivity contribution in [3.05, 3.63) is 33.7 Å². The zero-order chi connectivity index (χ0) is 21.2. The molecule has 0 saturated heterocycles. The van der Waals surface area contributed by atoms with Crippen molar-refractivity contribution in [1.29, 1.82) is 0 Å². The number of aryl methyl sites for hydroxylation is 2. The molecule has 1 aromatic rings. The molecule has 29 heavy (non-hydrogen) atoms. The van der Waals surface area contributed by atoms with Gasteiger partial charge in [-0.2, -0.15) is 13.2 Å². The zero-order valence-electron chi connectivity index (χ0n) is 16.8. The highest BCUT2D eigenvalue weighted by molar-refractivity contribution is 7.82. The van der Waals surface area contributed by atoms with Crippen molar-refractivity contribution in [2.24, 2.45) is 5.92 Å². The van der Waals surface area contributed by atoms with Gasteiger partial charge < -0.3 is 9.30 Å². The Hall–Kier alpha value is -1.19. The fourth-order valence-corrected chi connectivity index (χ4v) is 5.09. The van der Waals surface area contributed by atoms with Crippen molar-refractivity contribution in [2.75, 3.05) is 12.4 Å². The number of fused-ring (bicyclic) bond motifs is 1. The Labute approximate surface area is 171 Å². The van der Waals surface area contributed by atoms with Crippen molar-refractivity contribution in [3.8, 4) is 0 Å². The van der Waals surface area contributed by atoms with Gasteiger partial charge in [-0.15, -0.1) is 0 Å². The van der Waals surface area contributed by atoms with E-state index < -0.39 is 23.1 Å². The van der Waals surface area contributed by atoms with Crippen LogP contribution in [0.1, 0.15) is 56.3 Å². The molecule has 0 bridgehead atoms. The summed E-state index contributed by atoms with van der Waals surface area (Å²) in [4.78, 5) is 12.8. The number of aromatic nitrogens is 1. The van der Waals surface area contributed by atoms with Crippen molar-refractivity contribution >= 4 is 11.0 Å². The van der Waals surface area contributed by atoms with Crippen molar-refractivity contribution < 1.29 is 22.1 Å². The Bertz CT molecular complexity index is 788. The van der Waals surface area contributed by atoms with Gasteiger partial charge in [0.25, 0.3) is 5.56 Å². The van der Waals surface area contributed by atoms with Gasteiger partial charge in [-0.1, -0.05) is 13.0 Å². The summed E-state index contributed by atoms with van der Waals surface area (Å²) >= 11 is 0. The second-order valence-electron chi connectivity index (χ2n) is 8.00. The third-order valence-corrected chi connectivity index (χ3v) is 7.17. The van der Waals surface area contributed by atoms with E-state index in [1.807, 2.05) is 19.1 Å². The topological polar surface area (TPSA) is 60.3 Å². The van der Waals surface area contributed by atoms with E-state index >= 15 is 0 Å². The molecule has 3 rings (SSSR count). The van der Waals surface area contributed by atoms with Gasteiger partial charge in [0.05, 0.1) is 35.7 Å². The minimum absolute atomic E-state index is 0.0794. The molecule has 164 valence electrons. The Kier molecular flexibility index (Phi) is 7.22. The zero-order valence-corrected chi connectivity index (χ0v) is 17.7. The third-order valence-electron chi connectivity index (χ3n) is 6.08. The van der Waals surface area contributed by atoms with E-state index in [1.54, 1.807) is 11.5 Å². The largest absolute Gasteiger partial charge is 0.391 e. The van der Waals surface area contributed by atoms with E-state index in [1.165, 1.54) is 0 Å². The van der Waals surface area contributed by atoms with Crippen molar-refractivity contribution in [2.45, 2.75) is 76.7 Å². The summed E-state index contributed by atoms with van der Waals surface area (Å²) in [6.07, 6.45) is -2.07. The van der Waals surface area contributed by atoms with Gasteiger partial charge in [-0.3, -0.25) is 4.79 Å². The molecule has 1 saturated carbocycles. The normalized spacial score (nSPS) is 28.7. The predicted octanol–water partition coefficient (Wildman–Crippen LogP) is 3.42. The lowest BCUT2D eigenvalue weighted by molar-refractivity contribution is -0.188. The summed E-state index contributed by atoms with van der Waals surface area (Å²) in [5.74, 6) is -0.786. The number of hydrogen-bond donors (Lipinski definition) is 1. The lowest BCUT2D eigenvalue weighted by Gasteiger charge is -2.37. The number of ether oxygens (including phenoxy) is 1. The summed E-state index contributed by atoms with van der Waals surface area (Å²) < 4.78 is 61.6. The van der Waals surface area contributed by atoms with Crippen LogP contribution >= 0.6 is 0 Å². The first kappa shape index (κ1) is 22.5. The molecule has 2 heterocycles. The lowest BCUT2D eigenvalue weighted by Crippen LogP contribution is -2.49. The SMILES string of the molecule is CCS(=O)NC1CCc2ccc(C)c(=O)n2C1COC1CCC(C(F)(F)F)CC1. The molecule has 5 nitrogen and oxygen atoms in total. The lowest BCUT2D eigenvalue weighted by atomic mass is 9.87. The third kappa shape index (κ3) is 5.30. The standard InChI is InChI=1S/C20H29F3N2O3S/c1-3-29(27)24-17-11-8-15-7-4-13(2)19(26)25(15)18(17)12-28-16-9-5-14(6-10-16)20(21,22)23/h4,7,14,16-18,24H,3,5-6,8-12H2,1-2H3. The summed E-state index contributed by atoms with van der Waals surface area (Å²) in [6.45, 7) is 3.80. The van der Waals surface area contributed by atoms with Crippen LogP contribution in [0.5, 0.6) is 0 Å².